The first-order valence-electron chi connectivity index (χ1n) is 5.65. The van der Waals surface area contributed by atoms with E-state index in [-0.39, 0.29) is 0 Å². The second-order valence-electron chi connectivity index (χ2n) is 4.07. The number of aliphatic carboxylic acids is 1. The molecule has 3 N–H and O–H groups in total. The zero-order chi connectivity index (χ0) is 15.3. The highest BCUT2D eigenvalue weighted by atomic mass is 35.5. The monoisotopic (exact) mass is 317 g/mol. The van der Waals surface area contributed by atoms with Crippen molar-refractivity contribution < 1.29 is 19.8 Å². The second-order valence-corrected chi connectivity index (χ2v) is 4.89. The van der Waals surface area contributed by atoms with Gasteiger partial charge in [-0.25, -0.2) is 4.79 Å². The summed E-state index contributed by atoms with van der Waals surface area (Å²) in [5.41, 5.74) is 0.637. The third kappa shape index (κ3) is 4.85. The van der Waals surface area contributed by atoms with Crippen molar-refractivity contribution in [3.8, 4) is 0 Å². The third-order valence-corrected chi connectivity index (χ3v) is 3.16. The number of aliphatic hydroxyl groups is 1. The summed E-state index contributed by atoms with van der Waals surface area (Å²) in [5.74, 6) is -1.94. The molecule has 108 valence electrons. The van der Waals surface area contributed by atoms with E-state index < -0.39 is 24.0 Å². The average Bonchev–Trinajstić information content (AvgIpc) is 2.36. The van der Waals surface area contributed by atoms with Crippen LogP contribution in [0.15, 0.2) is 24.3 Å². The fraction of sp³-hybridized carbons (Fsp3) is 0.231. The lowest BCUT2D eigenvalue weighted by Crippen LogP contribution is -2.47. The molecule has 1 rings (SSSR count). The van der Waals surface area contributed by atoms with Crippen LogP contribution < -0.4 is 5.32 Å². The summed E-state index contributed by atoms with van der Waals surface area (Å²) in [6.07, 6.45) is 1.41. The minimum atomic E-state index is -1.36. The number of carbonyl (C=O) groups is 2. The van der Waals surface area contributed by atoms with Crippen LogP contribution in [0.3, 0.4) is 0 Å². The Morgan fingerprint density at radius 2 is 1.95 bits per heavy atom. The molecule has 1 aromatic carbocycles. The quantitative estimate of drug-likeness (QED) is 0.724. The molecule has 0 fully saturated rings. The number of amides is 1. The van der Waals surface area contributed by atoms with Gasteiger partial charge in [0.05, 0.1) is 16.1 Å². The van der Waals surface area contributed by atoms with Crippen LogP contribution in [0.25, 0.3) is 6.08 Å². The van der Waals surface area contributed by atoms with Crippen molar-refractivity contribution in [3.05, 3.63) is 39.9 Å². The maximum atomic E-state index is 11.6. The van der Waals surface area contributed by atoms with Crippen molar-refractivity contribution in [2.75, 3.05) is 0 Å². The molecule has 1 amide bonds. The second kappa shape index (κ2) is 7.28. The molecule has 0 radical (unpaired) electrons. The Bertz CT molecular complexity index is 543. The van der Waals surface area contributed by atoms with E-state index in [1.165, 1.54) is 13.0 Å². The first-order valence-corrected chi connectivity index (χ1v) is 6.41. The Morgan fingerprint density at radius 3 is 2.45 bits per heavy atom. The molecule has 20 heavy (non-hydrogen) atoms. The Balaban J connectivity index is 2.72. The molecule has 0 spiro atoms. The van der Waals surface area contributed by atoms with Crippen LogP contribution in [0.4, 0.5) is 0 Å². The molecule has 0 saturated heterocycles. The molecule has 7 heteroatoms. The smallest absolute Gasteiger partial charge is 0.328 e. The van der Waals surface area contributed by atoms with Gasteiger partial charge in [-0.15, -0.1) is 0 Å². The van der Waals surface area contributed by atoms with Gasteiger partial charge in [-0.2, -0.15) is 0 Å². The molecule has 5 nitrogen and oxygen atoms in total. The normalized spacial score (nSPS) is 14.0. The summed E-state index contributed by atoms with van der Waals surface area (Å²) in [6.45, 7) is 1.28. The molecule has 0 heterocycles. The van der Waals surface area contributed by atoms with Gasteiger partial charge in [0.1, 0.15) is 0 Å². The lowest BCUT2D eigenvalue weighted by molar-refractivity contribution is -0.144. The maximum Gasteiger partial charge on any atom is 0.328 e. The molecular weight excluding hydrogens is 305 g/mol. The highest BCUT2D eigenvalue weighted by molar-refractivity contribution is 6.42. The number of benzene rings is 1. The number of halogens is 2. The summed E-state index contributed by atoms with van der Waals surface area (Å²) in [4.78, 5) is 22.4. The highest BCUT2D eigenvalue weighted by Crippen LogP contribution is 2.23. The predicted octanol–water partition coefficient (Wildman–Crippen LogP) is 1.96. The number of hydrogen-bond acceptors (Lipinski definition) is 3. The van der Waals surface area contributed by atoms with E-state index in [2.05, 4.69) is 5.32 Å². The summed E-state index contributed by atoms with van der Waals surface area (Å²) >= 11 is 11.6. The summed E-state index contributed by atoms with van der Waals surface area (Å²) in [5, 5.41) is 21.0. The molecule has 0 bridgehead atoms. The van der Waals surface area contributed by atoms with Gasteiger partial charge in [-0.3, -0.25) is 4.79 Å². The minimum absolute atomic E-state index is 0.349. The Morgan fingerprint density at radius 1 is 1.30 bits per heavy atom. The van der Waals surface area contributed by atoms with Crippen molar-refractivity contribution in [1.82, 2.24) is 5.32 Å². The number of rotatable bonds is 5. The van der Waals surface area contributed by atoms with Crippen LogP contribution in [0.1, 0.15) is 12.5 Å². The molecule has 0 aliphatic rings. The molecule has 0 aliphatic heterocycles. The van der Waals surface area contributed by atoms with Crippen LogP contribution in [-0.2, 0) is 9.59 Å². The fourth-order valence-electron chi connectivity index (χ4n) is 1.38. The SMILES string of the molecule is CC(O)C(NC(=O)/C=C/c1ccc(Cl)c(Cl)c1)C(=O)O. The van der Waals surface area contributed by atoms with Gasteiger partial charge < -0.3 is 15.5 Å². The van der Waals surface area contributed by atoms with Gasteiger partial charge in [-0.1, -0.05) is 29.3 Å². The van der Waals surface area contributed by atoms with E-state index in [1.54, 1.807) is 18.2 Å². The van der Waals surface area contributed by atoms with E-state index in [0.29, 0.717) is 15.6 Å². The topological polar surface area (TPSA) is 86.6 Å². The summed E-state index contributed by atoms with van der Waals surface area (Å²) in [7, 11) is 0. The molecule has 0 aliphatic carbocycles. The highest BCUT2D eigenvalue weighted by Gasteiger charge is 2.23. The van der Waals surface area contributed by atoms with Crippen LogP contribution in [-0.4, -0.2) is 34.2 Å². The lowest BCUT2D eigenvalue weighted by Gasteiger charge is -2.15. The molecule has 1 aromatic rings. The average molecular weight is 318 g/mol. The number of nitrogens with one attached hydrogen (secondary N) is 1. The predicted molar refractivity (Wildman–Crippen MR) is 76.7 cm³/mol. The van der Waals surface area contributed by atoms with E-state index in [4.69, 9.17) is 28.3 Å². The number of hydrogen-bond donors (Lipinski definition) is 3. The molecule has 0 saturated carbocycles. The Kier molecular flexibility index (Phi) is 6.01. The van der Waals surface area contributed by atoms with Gasteiger partial charge in [-0.05, 0) is 30.7 Å². The Hall–Kier alpha value is -1.56. The van der Waals surface area contributed by atoms with E-state index in [9.17, 15) is 14.7 Å². The van der Waals surface area contributed by atoms with Crippen LogP contribution in [0.5, 0.6) is 0 Å². The van der Waals surface area contributed by atoms with Crippen LogP contribution in [0.2, 0.25) is 10.0 Å². The van der Waals surface area contributed by atoms with Crippen molar-refractivity contribution >= 4 is 41.2 Å². The van der Waals surface area contributed by atoms with Gasteiger partial charge in [0, 0.05) is 6.08 Å². The molecule has 2 atom stereocenters. The van der Waals surface area contributed by atoms with E-state index in [0.717, 1.165) is 6.08 Å². The molecule has 2 unspecified atom stereocenters. The van der Waals surface area contributed by atoms with Crippen LogP contribution >= 0.6 is 23.2 Å². The van der Waals surface area contributed by atoms with Crippen LogP contribution in [0, 0.1) is 0 Å². The van der Waals surface area contributed by atoms with Crippen molar-refractivity contribution in [3.63, 3.8) is 0 Å². The van der Waals surface area contributed by atoms with Crippen molar-refractivity contribution in [2.45, 2.75) is 19.1 Å². The summed E-state index contributed by atoms with van der Waals surface area (Å²) < 4.78 is 0. The molecule has 0 aromatic heterocycles. The number of carbonyl (C=O) groups excluding carboxylic acids is 1. The Labute approximate surface area is 125 Å². The van der Waals surface area contributed by atoms with Gasteiger partial charge >= 0.3 is 5.97 Å². The zero-order valence-electron chi connectivity index (χ0n) is 10.5. The van der Waals surface area contributed by atoms with Gasteiger partial charge in [0.15, 0.2) is 6.04 Å². The van der Waals surface area contributed by atoms with Crippen molar-refractivity contribution in [1.29, 1.82) is 0 Å². The van der Waals surface area contributed by atoms with Gasteiger partial charge in [0.2, 0.25) is 5.91 Å². The number of carboxylic acid groups (broad SMARTS) is 1. The standard InChI is InChI=1S/C13H13Cl2NO4/c1-7(17)12(13(19)20)16-11(18)5-3-8-2-4-9(14)10(15)6-8/h2-7,12,17H,1H3,(H,16,18)(H,19,20)/b5-3+. The first kappa shape index (κ1) is 16.5. The number of carboxylic acids is 1. The molecular formula is C13H13Cl2NO4. The lowest BCUT2D eigenvalue weighted by atomic mass is 10.1. The maximum absolute atomic E-state index is 11.6. The van der Waals surface area contributed by atoms with E-state index >= 15 is 0 Å². The summed E-state index contributed by atoms with van der Waals surface area (Å²) in [6, 6.07) is 3.44. The largest absolute Gasteiger partial charge is 0.480 e. The fourth-order valence-corrected chi connectivity index (χ4v) is 1.68. The zero-order valence-corrected chi connectivity index (χ0v) is 12.0. The first-order chi connectivity index (χ1) is 9.31. The third-order valence-electron chi connectivity index (χ3n) is 2.42. The van der Waals surface area contributed by atoms with E-state index in [1.807, 2.05) is 0 Å². The van der Waals surface area contributed by atoms with Crippen molar-refractivity contribution in [2.24, 2.45) is 0 Å². The van der Waals surface area contributed by atoms with Gasteiger partial charge in [0.25, 0.3) is 0 Å². The minimum Gasteiger partial charge on any atom is -0.480 e. The number of aliphatic hydroxyl groups excluding tert-OH is 1.